The number of nitrogens with one attached hydrogen (secondary N) is 1. The average molecular weight is 429 g/mol. The maximum atomic E-state index is 13.2. The van der Waals surface area contributed by atoms with Gasteiger partial charge in [0.05, 0.1) is 17.5 Å². The molecular formula is C27H28N2O3. The molecule has 1 saturated heterocycles. The molecule has 164 valence electrons. The van der Waals surface area contributed by atoms with Crippen LogP contribution in [0.2, 0.25) is 0 Å². The van der Waals surface area contributed by atoms with Crippen molar-refractivity contribution in [1.29, 1.82) is 0 Å². The van der Waals surface area contributed by atoms with Gasteiger partial charge in [-0.25, -0.2) is 4.90 Å². The zero-order chi connectivity index (χ0) is 22.6. The van der Waals surface area contributed by atoms with Gasteiger partial charge in [-0.1, -0.05) is 49.8 Å². The summed E-state index contributed by atoms with van der Waals surface area (Å²) in [5, 5.41) is 3.07. The molecule has 4 atom stereocenters. The summed E-state index contributed by atoms with van der Waals surface area (Å²) in [6.45, 7) is 6.19. The molecule has 3 aliphatic rings. The van der Waals surface area contributed by atoms with Crippen LogP contribution in [0, 0.1) is 23.7 Å². The van der Waals surface area contributed by atoms with Gasteiger partial charge in [0, 0.05) is 11.3 Å². The SMILES string of the molecule is CCc1cccc(CC)c1NC(=O)c1cccc(N2C(=O)[C@@H]3[C@H](C2=O)[C@@H]2C=C(C)[C@H]3C2)c1. The highest BCUT2D eigenvalue weighted by molar-refractivity contribution is 6.23. The summed E-state index contributed by atoms with van der Waals surface area (Å²) >= 11 is 0. The summed E-state index contributed by atoms with van der Waals surface area (Å²) in [7, 11) is 0. The Kier molecular flexibility index (Phi) is 5.00. The Morgan fingerprint density at radius 3 is 2.34 bits per heavy atom. The number of allylic oxidation sites excluding steroid dienone is 2. The number of hydrogen-bond donors (Lipinski definition) is 1. The lowest BCUT2D eigenvalue weighted by Crippen LogP contribution is -2.33. The lowest BCUT2D eigenvalue weighted by Gasteiger charge is -2.19. The van der Waals surface area contributed by atoms with E-state index in [0.29, 0.717) is 11.3 Å². The lowest BCUT2D eigenvalue weighted by atomic mass is 9.82. The molecule has 0 spiro atoms. The van der Waals surface area contributed by atoms with E-state index in [-0.39, 0.29) is 41.4 Å². The van der Waals surface area contributed by atoms with Crippen LogP contribution in [-0.2, 0) is 22.4 Å². The first-order valence-electron chi connectivity index (χ1n) is 11.5. The molecule has 1 aliphatic heterocycles. The first-order valence-corrected chi connectivity index (χ1v) is 11.5. The van der Waals surface area contributed by atoms with Crippen LogP contribution >= 0.6 is 0 Å². The lowest BCUT2D eigenvalue weighted by molar-refractivity contribution is -0.123. The third-order valence-corrected chi connectivity index (χ3v) is 7.48. The Balaban J connectivity index is 1.42. The van der Waals surface area contributed by atoms with Gasteiger partial charge in [0.1, 0.15) is 0 Å². The second-order valence-electron chi connectivity index (χ2n) is 9.14. The van der Waals surface area contributed by atoms with Crippen LogP contribution in [0.4, 0.5) is 11.4 Å². The minimum absolute atomic E-state index is 0.123. The van der Waals surface area contributed by atoms with Gasteiger partial charge >= 0.3 is 0 Å². The van der Waals surface area contributed by atoms with Gasteiger partial charge in [-0.2, -0.15) is 0 Å². The van der Waals surface area contributed by atoms with E-state index in [2.05, 4.69) is 32.2 Å². The average Bonchev–Trinajstić information content (AvgIpc) is 3.44. The summed E-state index contributed by atoms with van der Waals surface area (Å²) in [5.74, 6) is -0.650. The molecule has 1 heterocycles. The van der Waals surface area contributed by atoms with Crippen molar-refractivity contribution in [3.05, 3.63) is 70.8 Å². The van der Waals surface area contributed by atoms with E-state index in [1.54, 1.807) is 24.3 Å². The number of amides is 3. The fourth-order valence-corrected chi connectivity index (χ4v) is 5.90. The van der Waals surface area contributed by atoms with Crippen molar-refractivity contribution in [2.75, 3.05) is 10.2 Å². The summed E-state index contributed by atoms with van der Waals surface area (Å²) in [4.78, 5) is 40.9. The number of aryl methyl sites for hydroxylation is 2. The molecule has 3 amide bonds. The highest BCUT2D eigenvalue weighted by Gasteiger charge is 2.60. The zero-order valence-corrected chi connectivity index (χ0v) is 18.7. The second kappa shape index (κ2) is 7.73. The van der Waals surface area contributed by atoms with Crippen molar-refractivity contribution in [2.24, 2.45) is 23.7 Å². The number of para-hydroxylation sites is 1. The van der Waals surface area contributed by atoms with E-state index in [0.717, 1.165) is 36.1 Å². The largest absolute Gasteiger partial charge is 0.321 e. The topological polar surface area (TPSA) is 66.5 Å². The summed E-state index contributed by atoms with van der Waals surface area (Å²) in [5.41, 5.74) is 5.18. The highest BCUT2D eigenvalue weighted by atomic mass is 16.2. The molecule has 0 aromatic heterocycles. The Labute approximate surface area is 188 Å². The van der Waals surface area contributed by atoms with Crippen LogP contribution in [-0.4, -0.2) is 17.7 Å². The molecule has 1 saturated carbocycles. The second-order valence-corrected chi connectivity index (χ2v) is 9.14. The number of benzene rings is 2. The molecule has 0 radical (unpaired) electrons. The highest BCUT2D eigenvalue weighted by Crippen LogP contribution is 2.55. The Morgan fingerprint density at radius 2 is 1.66 bits per heavy atom. The number of nitrogens with zero attached hydrogens (tertiary/aromatic N) is 1. The fraction of sp³-hybridized carbons (Fsp3) is 0.370. The molecule has 2 aliphatic carbocycles. The minimum Gasteiger partial charge on any atom is -0.321 e. The summed E-state index contributed by atoms with van der Waals surface area (Å²) in [6.07, 6.45) is 4.71. The van der Waals surface area contributed by atoms with Gasteiger partial charge in [-0.15, -0.1) is 0 Å². The van der Waals surface area contributed by atoms with Gasteiger partial charge in [0.25, 0.3) is 5.91 Å². The van der Waals surface area contributed by atoms with Crippen LogP contribution in [0.25, 0.3) is 0 Å². The molecule has 5 rings (SSSR count). The summed E-state index contributed by atoms with van der Waals surface area (Å²) in [6, 6.07) is 12.9. The number of carbonyl (C=O) groups is 3. The van der Waals surface area contributed by atoms with Crippen molar-refractivity contribution < 1.29 is 14.4 Å². The maximum Gasteiger partial charge on any atom is 0.255 e. The van der Waals surface area contributed by atoms with E-state index in [4.69, 9.17) is 0 Å². The molecule has 5 nitrogen and oxygen atoms in total. The van der Waals surface area contributed by atoms with Crippen molar-refractivity contribution >= 4 is 29.1 Å². The van der Waals surface area contributed by atoms with E-state index < -0.39 is 0 Å². The molecule has 2 aromatic carbocycles. The van der Waals surface area contributed by atoms with Crippen LogP contribution in [0.1, 0.15) is 48.7 Å². The van der Waals surface area contributed by atoms with Crippen LogP contribution in [0.5, 0.6) is 0 Å². The smallest absolute Gasteiger partial charge is 0.255 e. The summed E-state index contributed by atoms with van der Waals surface area (Å²) < 4.78 is 0. The van der Waals surface area contributed by atoms with Crippen LogP contribution in [0.15, 0.2) is 54.1 Å². The number of fused-ring (bicyclic) bond motifs is 5. The number of carbonyl (C=O) groups excluding carboxylic acids is 3. The van der Waals surface area contributed by atoms with E-state index in [1.807, 2.05) is 18.2 Å². The third-order valence-electron chi connectivity index (χ3n) is 7.48. The molecule has 32 heavy (non-hydrogen) atoms. The molecule has 0 unspecified atom stereocenters. The van der Waals surface area contributed by atoms with Crippen molar-refractivity contribution in [1.82, 2.24) is 0 Å². The standard InChI is InChI=1S/C27H28N2O3/c1-4-16-8-6-9-17(5-2)24(16)28-25(30)18-10-7-11-20(13-18)29-26(31)22-19-12-15(3)21(14-19)23(22)27(29)32/h6-13,19,21-23H,4-5,14H2,1-3H3,(H,28,30)/t19-,21-,22-,23+/m1/s1. The molecular weight excluding hydrogens is 400 g/mol. The minimum atomic E-state index is -0.253. The normalized spacial score (nSPS) is 25.8. The monoisotopic (exact) mass is 428 g/mol. The fourth-order valence-electron chi connectivity index (χ4n) is 5.90. The van der Waals surface area contributed by atoms with Crippen LogP contribution < -0.4 is 10.2 Å². The van der Waals surface area contributed by atoms with E-state index in [9.17, 15) is 14.4 Å². The van der Waals surface area contributed by atoms with Gasteiger partial charge in [0.2, 0.25) is 11.8 Å². The quantitative estimate of drug-likeness (QED) is 0.551. The molecule has 1 N–H and O–H groups in total. The van der Waals surface area contributed by atoms with Gasteiger partial charge in [-0.3, -0.25) is 14.4 Å². The van der Waals surface area contributed by atoms with E-state index >= 15 is 0 Å². The van der Waals surface area contributed by atoms with Crippen molar-refractivity contribution in [3.8, 4) is 0 Å². The first kappa shape index (κ1) is 20.7. The number of anilines is 2. The molecule has 5 heteroatoms. The van der Waals surface area contributed by atoms with Crippen molar-refractivity contribution in [3.63, 3.8) is 0 Å². The van der Waals surface area contributed by atoms with E-state index in [1.165, 1.54) is 10.5 Å². The first-order chi connectivity index (χ1) is 15.4. The maximum absolute atomic E-state index is 13.2. The Bertz CT molecular complexity index is 1140. The zero-order valence-electron chi connectivity index (χ0n) is 18.7. The van der Waals surface area contributed by atoms with Gasteiger partial charge in [-0.05, 0) is 67.3 Å². The number of rotatable bonds is 5. The van der Waals surface area contributed by atoms with Gasteiger partial charge in [0.15, 0.2) is 0 Å². The predicted octanol–water partition coefficient (Wildman–Crippen LogP) is 4.77. The predicted molar refractivity (Wildman–Crippen MR) is 124 cm³/mol. The molecule has 2 fully saturated rings. The van der Waals surface area contributed by atoms with Crippen LogP contribution in [0.3, 0.4) is 0 Å². The number of imide groups is 1. The van der Waals surface area contributed by atoms with Gasteiger partial charge < -0.3 is 5.32 Å². The third kappa shape index (κ3) is 3.02. The Morgan fingerprint density at radius 1 is 1.00 bits per heavy atom. The Hall–Kier alpha value is -3.21. The molecule has 2 bridgehead atoms. The van der Waals surface area contributed by atoms with Crippen molar-refractivity contribution in [2.45, 2.75) is 40.0 Å². The number of hydrogen-bond acceptors (Lipinski definition) is 3. The molecule has 2 aromatic rings.